The van der Waals surface area contributed by atoms with Gasteiger partial charge in [-0.05, 0) is 69.1 Å². The third kappa shape index (κ3) is 5.47. The Morgan fingerprint density at radius 1 is 0.851 bits per heavy atom. The van der Waals surface area contributed by atoms with Crippen molar-refractivity contribution in [1.29, 1.82) is 0 Å². The summed E-state index contributed by atoms with van der Waals surface area (Å²) >= 11 is 0. The van der Waals surface area contributed by atoms with Gasteiger partial charge < -0.3 is 64.9 Å². The topological polar surface area (TPSA) is 236 Å². The first-order chi connectivity index (χ1) is 22.1. The minimum absolute atomic E-state index is 0.00309. The summed E-state index contributed by atoms with van der Waals surface area (Å²) in [5, 5.41) is 95.5. The third-order valence-electron chi connectivity index (χ3n) is 13.1. The van der Waals surface area contributed by atoms with Crippen LogP contribution in [0.15, 0.2) is 11.6 Å². The first kappa shape index (κ1) is 35.7. The monoisotopic (exact) mass is 672 g/mol. The van der Waals surface area contributed by atoms with Gasteiger partial charge in [-0.25, -0.2) is 0 Å². The number of carbonyl (C=O) groups excluding carboxylic acids is 1. The summed E-state index contributed by atoms with van der Waals surface area (Å²) in [6, 6.07) is 0. The average molecular weight is 673 g/mol. The number of allylic oxidation sites excluding steroid dienone is 1. The lowest BCUT2D eigenvalue weighted by Gasteiger charge is -2.61. The summed E-state index contributed by atoms with van der Waals surface area (Å²) in [4.78, 5) is 12.6. The zero-order chi connectivity index (χ0) is 34.2. The molecule has 268 valence electrons. The SMILES string of the molecule is CC(=O)C1CC(O)C2(O)C3CC=C4CC(OC5OC(CO)C(O)C(O)C5OC5OC(CO)C(O)C(O)C5O)CCC4(C)C3CCC12C. The molecule has 5 fully saturated rings. The van der Waals surface area contributed by atoms with Crippen LogP contribution in [0.25, 0.3) is 0 Å². The largest absolute Gasteiger partial charge is 0.394 e. The van der Waals surface area contributed by atoms with Crippen molar-refractivity contribution in [1.82, 2.24) is 0 Å². The van der Waals surface area contributed by atoms with Crippen molar-refractivity contribution in [2.45, 2.75) is 145 Å². The molecule has 14 nitrogen and oxygen atoms in total. The van der Waals surface area contributed by atoms with E-state index in [9.17, 15) is 50.8 Å². The van der Waals surface area contributed by atoms with Crippen molar-refractivity contribution in [2.75, 3.05) is 13.2 Å². The highest BCUT2D eigenvalue weighted by Gasteiger charge is 2.70. The van der Waals surface area contributed by atoms with E-state index in [0.717, 1.165) is 12.0 Å². The van der Waals surface area contributed by atoms with E-state index in [1.54, 1.807) is 6.92 Å². The van der Waals surface area contributed by atoms with Crippen molar-refractivity contribution in [3.63, 3.8) is 0 Å². The molecule has 18 unspecified atom stereocenters. The molecular formula is C33H52O14. The van der Waals surface area contributed by atoms with Gasteiger partial charge in [0.2, 0.25) is 0 Å². The number of carbonyl (C=O) groups is 1. The van der Waals surface area contributed by atoms with Crippen LogP contribution >= 0.6 is 0 Å². The second kappa shape index (κ2) is 12.9. The number of ketones is 1. The molecular weight excluding hydrogens is 620 g/mol. The summed E-state index contributed by atoms with van der Waals surface area (Å²) in [7, 11) is 0. The molecule has 6 rings (SSSR count). The standard InChI is InChI=1S/C33H52O14/c1-14(36)19-11-22(37)33(43)18-5-4-15-10-16(6-8-31(15,2)17(18)7-9-32(19,33)3)44-30-28(26(41)24(39)21(13-35)46-30)47-29-27(42)25(40)23(38)20(12-34)45-29/h4,16-30,34-35,37-43H,5-13H2,1-3H3. The van der Waals surface area contributed by atoms with Crippen LogP contribution in [0.1, 0.15) is 65.7 Å². The maximum atomic E-state index is 12.6. The Hall–Kier alpha value is -1.11. The lowest BCUT2D eigenvalue weighted by Crippen LogP contribution is -2.65. The predicted octanol–water partition coefficient (Wildman–Crippen LogP) is -1.75. The van der Waals surface area contributed by atoms with Gasteiger partial charge in [0.15, 0.2) is 12.6 Å². The van der Waals surface area contributed by atoms with Gasteiger partial charge >= 0.3 is 0 Å². The number of ether oxygens (including phenoxy) is 4. The molecule has 0 radical (unpaired) electrons. The molecule has 0 aromatic rings. The molecule has 0 amide bonds. The summed E-state index contributed by atoms with van der Waals surface area (Å²) in [5.74, 6) is -0.537. The van der Waals surface area contributed by atoms with Crippen LogP contribution in [0.3, 0.4) is 0 Å². The maximum absolute atomic E-state index is 12.6. The minimum atomic E-state index is -1.76. The Morgan fingerprint density at radius 3 is 2.13 bits per heavy atom. The Morgan fingerprint density at radius 2 is 1.49 bits per heavy atom. The number of hydrogen-bond acceptors (Lipinski definition) is 14. The van der Waals surface area contributed by atoms with Crippen LogP contribution in [0, 0.1) is 28.6 Å². The van der Waals surface area contributed by atoms with E-state index in [1.807, 2.05) is 6.92 Å². The van der Waals surface area contributed by atoms with Crippen molar-refractivity contribution in [2.24, 2.45) is 28.6 Å². The second-order valence-electron chi connectivity index (χ2n) is 15.3. The molecule has 9 N–H and O–H groups in total. The smallest absolute Gasteiger partial charge is 0.187 e. The van der Waals surface area contributed by atoms with Crippen LogP contribution in [0.4, 0.5) is 0 Å². The Kier molecular flexibility index (Phi) is 9.80. The third-order valence-corrected chi connectivity index (χ3v) is 13.1. The minimum Gasteiger partial charge on any atom is -0.394 e. The van der Waals surface area contributed by atoms with Crippen molar-refractivity contribution >= 4 is 5.78 Å². The van der Waals surface area contributed by atoms with Crippen LogP contribution in [-0.2, 0) is 23.7 Å². The van der Waals surface area contributed by atoms with Crippen LogP contribution < -0.4 is 0 Å². The molecule has 4 aliphatic carbocycles. The summed E-state index contributed by atoms with van der Waals surface area (Å²) in [6.07, 6.45) is -10.6. The summed E-state index contributed by atoms with van der Waals surface area (Å²) in [5.41, 5.74) is -1.24. The quantitative estimate of drug-likeness (QED) is 0.137. The molecule has 0 spiro atoms. The van der Waals surface area contributed by atoms with E-state index >= 15 is 0 Å². The van der Waals surface area contributed by atoms with E-state index in [-0.39, 0.29) is 29.5 Å². The molecule has 0 aromatic heterocycles. The number of aliphatic hydroxyl groups is 9. The first-order valence-electron chi connectivity index (χ1n) is 17.0. The van der Waals surface area contributed by atoms with Crippen molar-refractivity contribution in [3.05, 3.63) is 11.6 Å². The molecule has 3 saturated carbocycles. The Bertz CT molecular complexity index is 1200. The molecule has 14 heteroatoms. The lowest BCUT2D eigenvalue weighted by atomic mass is 9.45. The lowest BCUT2D eigenvalue weighted by molar-refractivity contribution is -0.372. The molecule has 47 heavy (non-hydrogen) atoms. The molecule has 6 aliphatic rings. The highest BCUT2D eigenvalue weighted by Crippen LogP contribution is 2.68. The Labute approximate surface area is 273 Å². The van der Waals surface area contributed by atoms with Crippen molar-refractivity contribution < 1.29 is 69.7 Å². The van der Waals surface area contributed by atoms with E-state index in [0.29, 0.717) is 32.1 Å². The van der Waals surface area contributed by atoms with Gasteiger partial charge in [0, 0.05) is 11.3 Å². The van der Waals surface area contributed by atoms with Gasteiger partial charge in [0.25, 0.3) is 0 Å². The van der Waals surface area contributed by atoms with E-state index in [1.165, 1.54) is 0 Å². The van der Waals surface area contributed by atoms with Crippen LogP contribution in [0.5, 0.6) is 0 Å². The maximum Gasteiger partial charge on any atom is 0.187 e. The fourth-order valence-corrected chi connectivity index (χ4v) is 10.2. The number of aliphatic hydroxyl groups excluding tert-OH is 8. The van der Waals surface area contributed by atoms with Crippen LogP contribution in [0.2, 0.25) is 0 Å². The van der Waals surface area contributed by atoms with Crippen LogP contribution in [-0.4, -0.2) is 144 Å². The highest BCUT2D eigenvalue weighted by atomic mass is 16.8. The van der Waals surface area contributed by atoms with Gasteiger partial charge in [-0.15, -0.1) is 0 Å². The molecule has 18 atom stereocenters. The molecule has 2 aliphatic heterocycles. The van der Waals surface area contributed by atoms with Gasteiger partial charge in [0.1, 0.15) is 54.6 Å². The van der Waals surface area contributed by atoms with Gasteiger partial charge in [-0.3, -0.25) is 4.79 Å². The normalized spacial score (nSPS) is 54.6. The Balaban J connectivity index is 1.20. The molecule has 0 bridgehead atoms. The zero-order valence-electron chi connectivity index (χ0n) is 27.2. The van der Waals surface area contributed by atoms with E-state index < -0.39 is 104 Å². The number of hydrogen-bond donors (Lipinski definition) is 9. The summed E-state index contributed by atoms with van der Waals surface area (Å²) in [6.45, 7) is 4.37. The predicted molar refractivity (Wildman–Crippen MR) is 160 cm³/mol. The number of rotatable bonds is 7. The number of Topliss-reactive ketones (excluding diaryl/α,β-unsaturated/α-hetero) is 1. The highest BCUT2D eigenvalue weighted by molar-refractivity contribution is 5.80. The molecule has 2 heterocycles. The van der Waals surface area contributed by atoms with E-state index in [2.05, 4.69) is 13.0 Å². The van der Waals surface area contributed by atoms with Gasteiger partial charge in [-0.1, -0.05) is 25.5 Å². The fourth-order valence-electron chi connectivity index (χ4n) is 10.2. The number of fused-ring (bicyclic) bond motifs is 5. The molecule has 0 aromatic carbocycles. The molecule has 2 saturated heterocycles. The summed E-state index contributed by atoms with van der Waals surface area (Å²) < 4.78 is 23.5. The van der Waals surface area contributed by atoms with Gasteiger partial charge in [-0.2, -0.15) is 0 Å². The zero-order valence-corrected chi connectivity index (χ0v) is 27.2. The van der Waals surface area contributed by atoms with Gasteiger partial charge in [0.05, 0.1) is 31.0 Å². The first-order valence-corrected chi connectivity index (χ1v) is 17.0. The average Bonchev–Trinajstić information content (AvgIpc) is 3.26. The van der Waals surface area contributed by atoms with Crippen molar-refractivity contribution in [3.8, 4) is 0 Å². The van der Waals surface area contributed by atoms with E-state index in [4.69, 9.17) is 18.9 Å². The second-order valence-corrected chi connectivity index (χ2v) is 15.3. The fraction of sp³-hybridized carbons (Fsp3) is 0.909.